The van der Waals surface area contributed by atoms with Crippen molar-refractivity contribution in [2.75, 3.05) is 18.8 Å². The van der Waals surface area contributed by atoms with Gasteiger partial charge in [-0.3, -0.25) is 9.78 Å². The minimum absolute atomic E-state index is 0.0939. The zero-order valence-corrected chi connectivity index (χ0v) is 12.7. The number of carbonyl (C=O) groups excluding carboxylic acids is 1. The molecule has 1 N–H and O–H groups in total. The minimum Gasteiger partial charge on any atom is -0.337 e. The lowest BCUT2D eigenvalue weighted by Gasteiger charge is -2.21. The molecule has 0 aliphatic rings. The Balaban J connectivity index is 2.50. The summed E-state index contributed by atoms with van der Waals surface area (Å²) in [6.45, 7) is 4.27. The molecule has 0 atom stereocenters. The summed E-state index contributed by atoms with van der Waals surface area (Å²) < 4.78 is 25.5. The van der Waals surface area contributed by atoms with E-state index in [1.807, 2.05) is 13.0 Å². The first-order valence-corrected chi connectivity index (χ1v) is 8.21. The van der Waals surface area contributed by atoms with E-state index in [9.17, 15) is 13.2 Å². The summed E-state index contributed by atoms with van der Waals surface area (Å²) >= 11 is 0. The molecule has 1 heterocycles. The lowest BCUT2D eigenvalue weighted by Crippen LogP contribution is -2.37. The van der Waals surface area contributed by atoms with Gasteiger partial charge < -0.3 is 4.90 Å². The van der Waals surface area contributed by atoms with Crippen LogP contribution in [0.2, 0.25) is 0 Å². The van der Waals surface area contributed by atoms with Crippen LogP contribution >= 0.6 is 0 Å². The molecule has 20 heavy (non-hydrogen) atoms. The highest BCUT2D eigenvalue weighted by molar-refractivity contribution is 7.89. The smallest absolute Gasteiger partial charge is 0.219 e. The van der Waals surface area contributed by atoms with Crippen LogP contribution in [0.1, 0.15) is 25.8 Å². The van der Waals surface area contributed by atoms with E-state index in [1.165, 1.54) is 6.92 Å². The number of sulfonamides is 1. The largest absolute Gasteiger partial charge is 0.337 e. The van der Waals surface area contributed by atoms with E-state index in [0.29, 0.717) is 19.5 Å². The van der Waals surface area contributed by atoms with Crippen LogP contribution in [-0.2, 0) is 21.4 Å². The van der Waals surface area contributed by atoms with Crippen LogP contribution in [0.15, 0.2) is 24.5 Å². The highest BCUT2D eigenvalue weighted by atomic mass is 32.2. The topological polar surface area (TPSA) is 79.4 Å². The molecule has 1 aromatic heterocycles. The molecule has 0 saturated heterocycles. The first-order valence-electron chi connectivity index (χ1n) is 6.56. The fraction of sp³-hybridized carbons (Fsp3) is 0.538. The quantitative estimate of drug-likeness (QED) is 0.768. The predicted molar refractivity (Wildman–Crippen MR) is 77.4 cm³/mol. The Kier molecular flexibility index (Phi) is 6.60. The van der Waals surface area contributed by atoms with Gasteiger partial charge in [0.05, 0.1) is 5.75 Å². The summed E-state index contributed by atoms with van der Waals surface area (Å²) in [6, 6.07) is 3.68. The molecular formula is C13H21N3O3S. The van der Waals surface area contributed by atoms with Gasteiger partial charge in [-0.15, -0.1) is 0 Å². The lowest BCUT2D eigenvalue weighted by atomic mass is 10.2. The fourth-order valence-corrected chi connectivity index (χ4v) is 2.82. The summed E-state index contributed by atoms with van der Waals surface area (Å²) in [7, 11) is -3.23. The van der Waals surface area contributed by atoms with Gasteiger partial charge in [0.1, 0.15) is 0 Å². The summed E-state index contributed by atoms with van der Waals surface area (Å²) in [6.07, 6.45) is 3.93. The monoisotopic (exact) mass is 299 g/mol. The third kappa shape index (κ3) is 6.12. The number of aromatic nitrogens is 1. The number of hydrogen-bond acceptors (Lipinski definition) is 4. The van der Waals surface area contributed by atoms with Gasteiger partial charge in [0.15, 0.2) is 0 Å². The second kappa shape index (κ2) is 7.96. The van der Waals surface area contributed by atoms with Gasteiger partial charge in [-0.25, -0.2) is 13.1 Å². The molecule has 112 valence electrons. The Bertz CT molecular complexity index is 517. The molecule has 0 unspecified atom stereocenters. The fourth-order valence-electron chi connectivity index (χ4n) is 1.74. The van der Waals surface area contributed by atoms with Crippen LogP contribution in [-0.4, -0.2) is 43.1 Å². The molecule has 0 aliphatic carbocycles. The summed E-state index contributed by atoms with van der Waals surface area (Å²) in [5, 5.41) is 0. The van der Waals surface area contributed by atoms with Gasteiger partial charge >= 0.3 is 0 Å². The van der Waals surface area contributed by atoms with Gasteiger partial charge in [0, 0.05) is 39.0 Å². The van der Waals surface area contributed by atoms with Crippen LogP contribution in [0.4, 0.5) is 0 Å². The van der Waals surface area contributed by atoms with Gasteiger partial charge in [0.25, 0.3) is 0 Å². The van der Waals surface area contributed by atoms with Crippen molar-refractivity contribution in [2.24, 2.45) is 0 Å². The molecule has 0 aromatic carbocycles. The van der Waals surface area contributed by atoms with Crippen molar-refractivity contribution in [1.82, 2.24) is 14.6 Å². The van der Waals surface area contributed by atoms with E-state index in [-0.39, 0.29) is 18.2 Å². The van der Waals surface area contributed by atoms with E-state index >= 15 is 0 Å². The summed E-state index contributed by atoms with van der Waals surface area (Å²) in [5.74, 6) is 0.0129. The zero-order chi connectivity index (χ0) is 15.0. The predicted octanol–water partition coefficient (Wildman–Crippen LogP) is 0.759. The standard InChI is InChI=1S/C13H21N3O3S/c1-3-9-20(18,19)15-7-8-16(12(2)17)11-13-5-4-6-14-10-13/h4-6,10,15H,3,7-9,11H2,1-2H3. The van der Waals surface area contributed by atoms with Gasteiger partial charge in [-0.1, -0.05) is 13.0 Å². The van der Waals surface area contributed by atoms with Crippen LogP contribution in [0.25, 0.3) is 0 Å². The van der Waals surface area contributed by atoms with Gasteiger partial charge in [-0.2, -0.15) is 0 Å². The van der Waals surface area contributed by atoms with E-state index in [4.69, 9.17) is 0 Å². The minimum atomic E-state index is -3.23. The molecule has 7 heteroatoms. The Morgan fingerprint density at radius 1 is 1.45 bits per heavy atom. The van der Waals surface area contributed by atoms with Crippen molar-refractivity contribution >= 4 is 15.9 Å². The SMILES string of the molecule is CCCS(=O)(=O)NCCN(Cc1cccnc1)C(C)=O. The molecule has 1 amide bonds. The Morgan fingerprint density at radius 2 is 2.20 bits per heavy atom. The highest BCUT2D eigenvalue weighted by Crippen LogP contribution is 2.02. The number of nitrogens with one attached hydrogen (secondary N) is 1. The zero-order valence-electron chi connectivity index (χ0n) is 11.9. The number of amides is 1. The average Bonchev–Trinajstić information content (AvgIpc) is 2.38. The molecular weight excluding hydrogens is 278 g/mol. The van der Waals surface area contributed by atoms with Crippen LogP contribution < -0.4 is 4.72 Å². The lowest BCUT2D eigenvalue weighted by molar-refractivity contribution is -0.129. The van der Waals surface area contributed by atoms with Crippen molar-refractivity contribution in [3.05, 3.63) is 30.1 Å². The number of hydrogen-bond donors (Lipinski definition) is 1. The molecule has 0 aliphatic heterocycles. The van der Waals surface area contributed by atoms with Crippen LogP contribution in [0.5, 0.6) is 0 Å². The Hall–Kier alpha value is -1.47. The first kappa shape index (κ1) is 16.6. The van der Waals surface area contributed by atoms with Crippen molar-refractivity contribution in [2.45, 2.75) is 26.8 Å². The third-order valence-electron chi connectivity index (χ3n) is 2.72. The molecule has 0 radical (unpaired) electrons. The van der Waals surface area contributed by atoms with Crippen LogP contribution in [0.3, 0.4) is 0 Å². The first-order chi connectivity index (χ1) is 9.44. The van der Waals surface area contributed by atoms with Crippen molar-refractivity contribution in [3.63, 3.8) is 0 Å². The summed E-state index contributed by atoms with van der Waals surface area (Å²) in [5.41, 5.74) is 0.916. The van der Waals surface area contributed by atoms with Gasteiger partial charge in [0.2, 0.25) is 15.9 Å². The molecule has 6 nitrogen and oxygen atoms in total. The van der Waals surface area contributed by atoms with E-state index < -0.39 is 10.0 Å². The second-order valence-corrected chi connectivity index (χ2v) is 6.44. The number of rotatable bonds is 8. The molecule has 0 saturated carbocycles. The number of nitrogens with zero attached hydrogens (tertiary/aromatic N) is 2. The maximum atomic E-state index is 11.6. The van der Waals surface area contributed by atoms with Crippen molar-refractivity contribution < 1.29 is 13.2 Å². The molecule has 1 aromatic rings. The molecule has 0 fully saturated rings. The highest BCUT2D eigenvalue weighted by Gasteiger charge is 2.12. The number of carbonyl (C=O) groups is 1. The molecule has 0 spiro atoms. The van der Waals surface area contributed by atoms with Crippen molar-refractivity contribution in [3.8, 4) is 0 Å². The molecule has 0 bridgehead atoms. The van der Waals surface area contributed by atoms with Gasteiger partial charge in [-0.05, 0) is 18.1 Å². The third-order valence-corrected chi connectivity index (χ3v) is 4.31. The maximum absolute atomic E-state index is 11.6. The van der Waals surface area contributed by atoms with E-state index in [0.717, 1.165) is 5.56 Å². The molecule has 1 rings (SSSR count). The van der Waals surface area contributed by atoms with Crippen molar-refractivity contribution in [1.29, 1.82) is 0 Å². The number of pyridine rings is 1. The Labute approximate surface area is 120 Å². The van der Waals surface area contributed by atoms with E-state index in [1.54, 1.807) is 23.4 Å². The van der Waals surface area contributed by atoms with Crippen LogP contribution in [0, 0.1) is 0 Å². The summed E-state index contributed by atoms with van der Waals surface area (Å²) in [4.78, 5) is 17.1. The maximum Gasteiger partial charge on any atom is 0.219 e. The normalized spacial score (nSPS) is 11.3. The van der Waals surface area contributed by atoms with E-state index in [2.05, 4.69) is 9.71 Å². The Morgan fingerprint density at radius 3 is 2.75 bits per heavy atom. The second-order valence-electron chi connectivity index (χ2n) is 4.52. The average molecular weight is 299 g/mol.